The third-order valence-corrected chi connectivity index (χ3v) is 2.36. The van der Waals surface area contributed by atoms with Crippen LogP contribution < -0.4 is 5.63 Å². The van der Waals surface area contributed by atoms with Crippen LogP contribution in [0.3, 0.4) is 0 Å². The van der Waals surface area contributed by atoms with Crippen LogP contribution in [0.15, 0.2) is 33.5 Å². The van der Waals surface area contributed by atoms with E-state index in [4.69, 9.17) is 9.52 Å². The fourth-order valence-electron chi connectivity index (χ4n) is 1.50. The number of ketones is 1. The van der Waals surface area contributed by atoms with E-state index in [1.807, 2.05) is 0 Å². The Morgan fingerprint density at radius 2 is 2.12 bits per heavy atom. The molecule has 4 heteroatoms. The van der Waals surface area contributed by atoms with Gasteiger partial charge >= 0.3 is 5.63 Å². The lowest BCUT2D eigenvalue weighted by Gasteiger charge is -2.01. The van der Waals surface area contributed by atoms with Gasteiger partial charge in [-0.1, -0.05) is 12.1 Å². The summed E-state index contributed by atoms with van der Waals surface area (Å²) in [5, 5.41) is 9.60. The van der Waals surface area contributed by atoms with Gasteiger partial charge in [0.1, 0.15) is 11.1 Å². The van der Waals surface area contributed by atoms with E-state index in [0.717, 1.165) is 0 Å². The molecule has 0 unspecified atom stereocenters. The van der Waals surface area contributed by atoms with E-state index < -0.39 is 5.63 Å². The third kappa shape index (κ3) is 1.75. The molecule has 16 heavy (non-hydrogen) atoms. The number of aliphatic hydroxyl groups is 1. The maximum atomic E-state index is 11.4. The molecule has 0 saturated heterocycles. The minimum atomic E-state index is -0.643. The molecule has 0 amide bonds. The normalized spacial score (nSPS) is 10.6. The fourth-order valence-corrected chi connectivity index (χ4v) is 1.50. The molecule has 2 rings (SSSR count). The van der Waals surface area contributed by atoms with Crippen molar-refractivity contribution < 1.29 is 14.3 Å². The van der Waals surface area contributed by atoms with Gasteiger partial charge in [0.05, 0.1) is 6.61 Å². The van der Waals surface area contributed by atoms with Crippen LogP contribution in [0.5, 0.6) is 0 Å². The lowest BCUT2D eigenvalue weighted by Crippen LogP contribution is -2.10. The number of rotatable bonds is 2. The van der Waals surface area contributed by atoms with E-state index in [0.29, 0.717) is 16.5 Å². The number of fused-ring (bicyclic) bond motifs is 1. The molecule has 0 aliphatic heterocycles. The number of carbonyl (C=O) groups excluding carboxylic acids is 1. The van der Waals surface area contributed by atoms with Crippen LogP contribution in [0.1, 0.15) is 22.8 Å². The zero-order chi connectivity index (χ0) is 11.7. The van der Waals surface area contributed by atoms with Crippen LogP contribution in [0.2, 0.25) is 0 Å². The van der Waals surface area contributed by atoms with Gasteiger partial charge in [-0.2, -0.15) is 0 Å². The molecule has 0 bridgehead atoms. The Hall–Kier alpha value is -1.94. The van der Waals surface area contributed by atoms with Crippen LogP contribution in [0.25, 0.3) is 11.0 Å². The quantitative estimate of drug-likeness (QED) is 0.612. The van der Waals surface area contributed by atoms with E-state index in [1.165, 1.54) is 13.0 Å². The number of carbonyl (C=O) groups is 1. The summed E-state index contributed by atoms with van der Waals surface area (Å²) >= 11 is 0. The predicted octanol–water partition coefficient (Wildman–Crippen LogP) is 1.49. The Balaban J connectivity index is 2.74. The Kier molecular flexibility index (Phi) is 2.58. The maximum Gasteiger partial charge on any atom is 0.347 e. The first kappa shape index (κ1) is 10.6. The van der Waals surface area contributed by atoms with Crippen molar-refractivity contribution in [1.82, 2.24) is 0 Å². The van der Waals surface area contributed by atoms with Crippen molar-refractivity contribution >= 4 is 16.8 Å². The van der Waals surface area contributed by atoms with Gasteiger partial charge < -0.3 is 9.52 Å². The SMILES string of the molecule is CC(=O)c1cc2ccc(CO)cc2oc1=O. The third-order valence-electron chi connectivity index (χ3n) is 2.36. The lowest BCUT2D eigenvalue weighted by molar-refractivity contribution is 0.101. The van der Waals surface area contributed by atoms with Gasteiger partial charge in [0.25, 0.3) is 0 Å². The van der Waals surface area contributed by atoms with E-state index in [2.05, 4.69) is 0 Å². The molecule has 1 N–H and O–H groups in total. The largest absolute Gasteiger partial charge is 0.422 e. The zero-order valence-electron chi connectivity index (χ0n) is 8.69. The van der Waals surface area contributed by atoms with Gasteiger partial charge in [-0.15, -0.1) is 0 Å². The summed E-state index contributed by atoms with van der Waals surface area (Å²) in [6, 6.07) is 6.51. The van der Waals surface area contributed by atoms with Crippen molar-refractivity contribution in [2.45, 2.75) is 13.5 Å². The van der Waals surface area contributed by atoms with Gasteiger partial charge in [-0.05, 0) is 24.6 Å². The molecule has 1 heterocycles. The van der Waals surface area contributed by atoms with Gasteiger partial charge in [0.15, 0.2) is 5.78 Å². The first-order chi connectivity index (χ1) is 7.61. The highest BCUT2D eigenvalue weighted by Crippen LogP contribution is 2.15. The van der Waals surface area contributed by atoms with Crippen LogP contribution in [-0.2, 0) is 6.61 Å². The van der Waals surface area contributed by atoms with Crippen molar-refractivity contribution in [3.8, 4) is 0 Å². The highest BCUT2D eigenvalue weighted by molar-refractivity contribution is 5.96. The average Bonchev–Trinajstić information content (AvgIpc) is 2.27. The summed E-state index contributed by atoms with van der Waals surface area (Å²) in [6.07, 6.45) is 0. The number of aliphatic hydroxyl groups excluding tert-OH is 1. The number of hydrogen-bond donors (Lipinski definition) is 1. The molecular weight excluding hydrogens is 208 g/mol. The number of hydrogen-bond acceptors (Lipinski definition) is 4. The molecule has 0 fully saturated rings. The molecule has 0 aliphatic carbocycles. The van der Waals surface area contributed by atoms with Crippen LogP contribution in [0.4, 0.5) is 0 Å². The first-order valence-corrected chi connectivity index (χ1v) is 4.80. The van der Waals surface area contributed by atoms with E-state index in [1.54, 1.807) is 18.2 Å². The molecule has 0 atom stereocenters. The zero-order valence-corrected chi connectivity index (χ0v) is 8.69. The molecule has 82 valence electrons. The van der Waals surface area contributed by atoms with E-state index in [9.17, 15) is 9.59 Å². The lowest BCUT2D eigenvalue weighted by atomic mass is 10.1. The summed E-state index contributed by atoms with van der Waals surface area (Å²) in [5.74, 6) is -0.318. The summed E-state index contributed by atoms with van der Waals surface area (Å²) in [5.41, 5.74) is 0.437. The summed E-state index contributed by atoms with van der Waals surface area (Å²) < 4.78 is 5.01. The molecule has 2 aromatic rings. The monoisotopic (exact) mass is 218 g/mol. The summed E-state index contributed by atoms with van der Waals surface area (Å²) in [7, 11) is 0. The second-order valence-electron chi connectivity index (χ2n) is 3.53. The highest BCUT2D eigenvalue weighted by Gasteiger charge is 2.09. The van der Waals surface area contributed by atoms with Crippen LogP contribution in [-0.4, -0.2) is 10.9 Å². The Morgan fingerprint density at radius 1 is 1.38 bits per heavy atom. The smallest absolute Gasteiger partial charge is 0.347 e. The highest BCUT2D eigenvalue weighted by atomic mass is 16.4. The molecule has 0 aliphatic rings. The Bertz CT molecular complexity index is 610. The molecule has 0 saturated carbocycles. The van der Waals surface area contributed by atoms with Crippen molar-refractivity contribution in [3.05, 3.63) is 45.8 Å². The second-order valence-corrected chi connectivity index (χ2v) is 3.53. The van der Waals surface area contributed by atoms with Crippen LogP contribution >= 0.6 is 0 Å². The van der Waals surface area contributed by atoms with Gasteiger partial charge in [0.2, 0.25) is 0 Å². The maximum absolute atomic E-state index is 11.4. The van der Waals surface area contributed by atoms with Gasteiger partial charge in [0, 0.05) is 5.39 Å². The van der Waals surface area contributed by atoms with Gasteiger partial charge in [-0.25, -0.2) is 4.79 Å². The average molecular weight is 218 g/mol. The fraction of sp³-hybridized carbons (Fsp3) is 0.167. The molecule has 0 spiro atoms. The van der Waals surface area contributed by atoms with E-state index >= 15 is 0 Å². The molecule has 1 aromatic heterocycles. The molecule has 0 radical (unpaired) electrons. The topological polar surface area (TPSA) is 67.5 Å². The van der Waals surface area contributed by atoms with Crippen molar-refractivity contribution in [3.63, 3.8) is 0 Å². The van der Waals surface area contributed by atoms with Crippen molar-refractivity contribution in [2.24, 2.45) is 0 Å². The van der Waals surface area contributed by atoms with E-state index in [-0.39, 0.29) is 18.0 Å². The number of benzene rings is 1. The van der Waals surface area contributed by atoms with Crippen molar-refractivity contribution in [2.75, 3.05) is 0 Å². The van der Waals surface area contributed by atoms with Gasteiger partial charge in [-0.3, -0.25) is 4.79 Å². The summed E-state index contributed by atoms with van der Waals surface area (Å²) in [6.45, 7) is 1.20. The first-order valence-electron chi connectivity index (χ1n) is 4.80. The molecular formula is C12H10O4. The number of Topliss-reactive ketones (excluding diaryl/α,β-unsaturated/α-hetero) is 1. The predicted molar refractivity (Wildman–Crippen MR) is 58.4 cm³/mol. The Morgan fingerprint density at radius 3 is 2.75 bits per heavy atom. The molecule has 1 aromatic carbocycles. The second kappa shape index (κ2) is 3.90. The minimum Gasteiger partial charge on any atom is -0.422 e. The standard InChI is InChI=1S/C12H10O4/c1-7(14)10-5-9-3-2-8(6-13)4-11(9)16-12(10)15/h2-5,13H,6H2,1H3. The van der Waals surface area contributed by atoms with Crippen LogP contribution in [0, 0.1) is 0 Å². The van der Waals surface area contributed by atoms with Crippen molar-refractivity contribution in [1.29, 1.82) is 0 Å². The molecule has 4 nitrogen and oxygen atoms in total. The summed E-state index contributed by atoms with van der Waals surface area (Å²) in [4.78, 5) is 22.6. The minimum absolute atomic E-state index is 0.0456. The Labute approximate surface area is 91.1 Å².